The van der Waals surface area contributed by atoms with E-state index >= 15 is 0 Å². The summed E-state index contributed by atoms with van der Waals surface area (Å²) in [7, 11) is 0. The maximum atomic E-state index is 12.8. The predicted octanol–water partition coefficient (Wildman–Crippen LogP) is 4.71. The second-order valence-electron chi connectivity index (χ2n) is 6.92. The molecule has 0 fully saturated rings. The van der Waals surface area contributed by atoms with Crippen LogP contribution in [0.3, 0.4) is 0 Å². The molecule has 1 aromatic heterocycles. The van der Waals surface area contributed by atoms with Gasteiger partial charge in [-0.25, -0.2) is 0 Å². The lowest BCUT2D eigenvalue weighted by atomic mass is 10.0. The van der Waals surface area contributed by atoms with Gasteiger partial charge in [0.1, 0.15) is 0 Å². The van der Waals surface area contributed by atoms with Crippen molar-refractivity contribution in [3.63, 3.8) is 0 Å². The average Bonchev–Trinajstić information content (AvgIpc) is 2.82. The van der Waals surface area contributed by atoms with Crippen LogP contribution in [0, 0.1) is 13.8 Å². The van der Waals surface area contributed by atoms with Gasteiger partial charge in [0.15, 0.2) is 5.69 Å². The van der Waals surface area contributed by atoms with E-state index in [0.717, 1.165) is 33.7 Å². The molecule has 1 aliphatic rings. The number of aromatic nitrogens is 3. The zero-order chi connectivity index (χ0) is 20.5. The Labute approximate surface area is 174 Å². The van der Waals surface area contributed by atoms with Gasteiger partial charge in [-0.1, -0.05) is 60.6 Å². The molecular weight excluding hydrogens is 384 g/mol. The van der Waals surface area contributed by atoms with Crippen molar-refractivity contribution in [1.29, 1.82) is 0 Å². The van der Waals surface area contributed by atoms with Crippen molar-refractivity contribution >= 4 is 23.4 Å². The van der Waals surface area contributed by atoms with E-state index in [4.69, 9.17) is 4.74 Å². The summed E-state index contributed by atoms with van der Waals surface area (Å²) in [5.74, 6) is 1.10. The lowest BCUT2D eigenvalue weighted by Gasteiger charge is -2.30. The largest absolute Gasteiger partial charge is 0.447 e. The highest BCUT2D eigenvalue weighted by Gasteiger charge is 2.35. The summed E-state index contributed by atoms with van der Waals surface area (Å²) < 4.78 is 6.39. The lowest BCUT2D eigenvalue weighted by molar-refractivity contribution is -0.118. The van der Waals surface area contributed by atoms with Crippen LogP contribution in [-0.2, 0) is 4.79 Å². The molecule has 2 heterocycles. The number of aryl methyl sites for hydroxylation is 2. The van der Waals surface area contributed by atoms with Gasteiger partial charge in [-0.05, 0) is 31.2 Å². The number of benzene rings is 2. The fourth-order valence-corrected chi connectivity index (χ4v) is 4.05. The Hall–Kier alpha value is -2.93. The molecule has 0 unspecified atom stereocenters. The Morgan fingerprint density at radius 3 is 2.69 bits per heavy atom. The van der Waals surface area contributed by atoms with Crippen molar-refractivity contribution in [3.05, 3.63) is 59.2 Å². The molecular formula is C22H22N4O2S. The topological polar surface area (TPSA) is 68.2 Å². The average molecular weight is 407 g/mol. The molecule has 1 aliphatic heterocycles. The van der Waals surface area contributed by atoms with Crippen molar-refractivity contribution in [1.82, 2.24) is 15.2 Å². The molecule has 7 heteroatoms. The Balaban J connectivity index is 1.96. The van der Waals surface area contributed by atoms with E-state index in [0.29, 0.717) is 16.7 Å². The Morgan fingerprint density at radius 1 is 1.17 bits per heavy atom. The summed E-state index contributed by atoms with van der Waals surface area (Å²) in [6.45, 7) is 7.65. The molecule has 4 rings (SSSR count). The van der Waals surface area contributed by atoms with Crippen molar-refractivity contribution in [2.75, 3.05) is 10.7 Å². The van der Waals surface area contributed by atoms with Gasteiger partial charge in [0.05, 0.1) is 5.69 Å². The van der Waals surface area contributed by atoms with Gasteiger partial charge < -0.3 is 4.74 Å². The van der Waals surface area contributed by atoms with Gasteiger partial charge in [0.25, 0.3) is 0 Å². The van der Waals surface area contributed by atoms with E-state index in [1.54, 1.807) is 11.8 Å². The summed E-state index contributed by atoms with van der Waals surface area (Å²) in [6, 6.07) is 13.8. The number of hydrogen-bond acceptors (Lipinski definition) is 6. The first kappa shape index (κ1) is 19.4. The molecule has 0 saturated carbocycles. The third-order valence-corrected chi connectivity index (χ3v) is 5.54. The maximum absolute atomic E-state index is 12.8. The van der Waals surface area contributed by atoms with Crippen molar-refractivity contribution < 1.29 is 9.53 Å². The number of carbonyl (C=O) groups excluding carboxylic acids is 1. The molecule has 0 saturated heterocycles. The van der Waals surface area contributed by atoms with E-state index in [1.165, 1.54) is 11.8 Å². The van der Waals surface area contributed by atoms with Crippen molar-refractivity contribution in [2.24, 2.45) is 0 Å². The molecule has 1 atom stereocenters. The van der Waals surface area contributed by atoms with Crippen molar-refractivity contribution in [3.8, 4) is 17.1 Å². The molecule has 6 nitrogen and oxygen atoms in total. The van der Waals surface area contributed by atoms with Crippen LogP contribution in [0.25, 0.3) is 11.3 Å². The molecule has 1 amide bonds. The van der Waals surface area contributed by atoms with Gasteiger partial charge in [-0.2, -0.15) is 4.98 Å². The summed E-state index contributed by atoms with van der Waals surface area (Å²) in [5.41, 5.74) is 5.16. The van der Waals surface area contributed by atoms with Crippen LogP contribution in [0.2, 0.25) is 0 Å². The zero-order valence-electron chi connectivity index (χ0n) is 16.8. The van der Waals surface area contributed by atoms with Gasteiger partial charge in [0, 0.05) is 18.1 Å². The monoisotopic (exact) mass is 406 g/mol. The maximum Gasteiger partial charge on any atom is 0.247 e. The van der Waals surface area contributed by atoms with Crippen LogP contribution in [-0.4, -0.2) is 26.8 Å². The summed E-state index contributed by atoms with van der Waals surface area (Å²) in [6.07, 6.45) is -0.647. The minimum absolute atomic E-state index is 0.119. The summed E-state index contributed by atoms with van der Waals surface area (Å²) in [4.78, 5) is 19.1. The molecule has 0 aliphatic carbocycles. The normalized spacial score (nSPS) is 15.2. The molecule has 0 spiro atoms. The SMILES string of the molecule is CCSc1nnc2c(n1)O[C@@H](c1ccc(C)cc1C)N(C(C)=O)c1ccccc1-2. The molecule has 0 radical (unpaired) electrons. The number of carbonyl (C=O) groups is 1. The second-order valence-corrected chi connectivity index (χ2v) is 8.15. The Bertz CT molecular complexity index is 1090. The number of ether oxygens (including phenoxy) is 1. The first-order valence-electron chi connectivity index (χ1n) is 9.50. The quantitative estimate of drug-likeness (QED) is 0.587. The van der Waals surface area contributed by atoms with Gasteiger partial charge >= 0.3 is 0 Å². The summed E-state index contributed by atoms with van der Waals surface area (Å²) in [5, 5.41) is 9.19. The first-order valence-corrected chi connectivity index (χ1v) is 10.5. The predicted molar refractivity (Wildman–Crippen MR) is 114 cm³/mol. The van der Waals surface area contributed by atoms with E-state index in [-0.39, 0.29) is 5.91 Å². The number of fused-ring (bicyclic) bond motifs is 3. The highest BCUT2D eigenvalue weighted by atomic mass is 32.2. The zero-order valence-corrected chi connectivity index (χ0v) is 17.7. The molecule has 0 N–H and O–H groups in total. The standard InChI is InChI=1S/C22H22N4O2S/c1-5-29-22-23-20-19(24-25-22)17-8-6-7-9-18(17)26(15(4)27)21(28-20)16-11-10-13(2)12-14(16)3/h6-12,21H,5H2,1-4H3/t21-/m0/s1. The molecule has 0 bridgehead atoms. The number of para-hydroxylation sites is 1. The van der Waals surface area contributed by atoms with E-state index < -0.39 is 6.23 Å². The number of anilines is 1. The fraction of sp³-hybridized carbons (Fsp3) is 0.273. The highest BCUT2D eigenvalue weighted by molar-refractivity contribution is 7.99. The van der Waals surface area contributed by atoms with Gasteiger partial charge in [0.2, 0.25) is 23.2 Å². The Kier molecular flexibility index (Phi) is 5.24. The number of thioether (sulfide) groups is 1. The van der Waals surface area contributed by atoms with Crippen LogP contribution in [0.4, 0.5) is 5.69 Å². The number of nitrogens with zero attached hydrogens (tertiary/aromatic N) is 4. The van der Waals surface area contributed by atoms with Crippen LogP contribution in [0.1, 0.15) is 36.8 Å². The van der Waals surface area contributed by atoms with Gasteiger partial charge in [-0.15, -0.1) is 10.2 Å². The highest BCUT2D eigenvalue weighted by Crippen LogP contribution is 2.43. The Morgan fingerprint density at radius 2 is 1.97 bits per heavy atom. The number of hydrogen-bond donors (Lipinski definition) is 0. The van der Waals surface area contributed by atoms with Crippen LogP contribution >= 0.6 is 11.8 Å². The first-order chi connectivity index (χ1) is 14.0. The van der Waals surface area contributed by atoms with E-state index in [2.05, 4.69) is 21.2 Å². The minimum Gasteiger partial charge on any atom is -0.447 e. The van der Waals surface area contributed by atoms with E-state index in [9.17, 15) is 4.79 Å². The smallest absolute Gasteiger partial charge is 0.247 e. The molecule has 29 heavy (non-hydrogen) atoms. The fourth-order valence-electron chi connectivity index (χ4n) is 3.55. The van der Waals surface area contributed by atoms with E-state index in [1.807, 2.05) is 57.2 Å². The number of amides is 1. The minimum atomic E-state index is -0.647. The van der Waals surface area contributed by atoms with Crippen LogP contribution in [0.15, 0.2) is 47.6 Å². The lowest BCUT2D eigenvalue weighted by Crippen LogP contribution is -2.36. The van der Waals surface area contributed by atoms with Crippen LogP contribution in [0.5, 0.6) is 5.88 Å². The third-order valence-electron chi connectivity index (χ3n) is 4.82. The van der Waals surface area contributed by atoms with Crippen LogP contribution < -0.4 is 9.64 Å². The molecule has 3 aromatic rings. The second kappa shape index (κ2) is 7.83. The molecule has 2 aromatic carbocycles. The van der Waals surface area contributed by atoms with Gasteiger partial charge in [-0.3, -0.25) is 9.69 Å². The van der Waals surface area contributed by atoms with Crippen molar-refractivity contribution in [2.45, 2.75) is 39.1 Å². The summed E-state index contributed by atoms with van der Waals surface area (Å²) >= 11 is 1.50. The number of rotatable bonds is 3. The third kappa shape index (κ3) is 3.58. The molecule has 148 valence electrons.